The van der Waals surface area contributed by atoms with Gasteiger partial charge >= 0.3 is 0 Å². The molecule has 0 radical (unpaired) electrons. The number of thiophene rings is 1. The summed E-state index contributed by atoms with van der Waals surface area (Å²) < 4.78 is 2.07. The molecule has 142 valence electrons. The summed E-state index contributed by atoms with van der Waals surface area (Å²) in [5, 5.41) is 5.69. The normalized spacial score (nSPS) is 11.2. The van der Waals surface area contributed by atoms with Gasteiger partial charge < -0.3 is 5.32 Å². The fourth-order valence-corrected chi connectivity index (χ4v) is 5.77. The zero-order chi connectivity index (χ0) is 20.0. The molecular weight excluding hydrogens is 443 g/mol. The van der Waals surface area contributed by atoms with Gasteiger partial charge in [0.25, 0.3) is 5.91 Å². The summed E-state index contributed by atoms with van der Waals surface area (Å²) in [5.74, 6) is -0.242. The summed E-state index contributed by atoms with van der Waals surface area (Å²) in [6.07, 6.45) is 0. The summed E-state index contributed by atoms with van der Waals surface area (Å²) in [6.45, 7) is 0. The third-order valence-corrected chi connectivity index (χ3v) is 7.56. The molecule has 0 fully saturated rings. The quantitative estimate of drug-likeness (QED) is 0.302. The van der Waals surface area contributed by atoms with Crippen LogP contribution in [-0.4, -0.2) is 10.9 Å². The molecule has 0 aliphatic rings. The van der Waals surface area contributed by atoms with Crippen molar-refractivity contribution < 1.29 is 4.79 Å². The van der Waals surface area contributed by atoms with Gasteiger partial charge in [0.2, 0.25) is 0 Å². The number of halogens is 2. The molecule has 0 aliphatic heterocycles. The van der Waals surface area contributed by atoms with E-state index in [0.717, 1.165) is 30.9 Å². The Morgan fingerprint density at radius 2 is 1.66 bits per heavy atom. The van der Waals surface area contributed by atoms with Gasteiger partial charge in [0.15, 0.2) is 0 Å². The Hall–Kier alpha value is -2.44. The number of para-hydroxylation sites is 1. The number of fused-ring (bicyclic) bond motifs is 2. The van der Waals surface area contributed by atoms with Gasteiger partial charge in [0.05, 0.1) is 20.3 Å². The molecule has 3 nitrogen and oxygen atoms in total. The predicted molar refractivity (Wildman–Crippen MR) is 125 cm³/mol. The van der Waals surface area contributed by atoms with Crippen molar-refractivity contribution in [2.45, 2.75) is 0 Å². The minimum absolute atomic E-state index is 0.242. The number of anilines is 1. The van der Waals surface area contributed by atoms with Gasteiger partial charge in [-0.3, -0.25) is 4.79 Å². The van der Waals surface area contributed by atoms with E-state index in [4.69, 9.17) is 23.2 Å². The van der Waals surface area contributed by atoms with Crippen molar-refractivity contribution in [2.24, 2.45) is 0 Å². The van der Waals surface area contributed by atoms with E-state index in [2.05, 4.69) is 10.3 Å². The summed E-state index contributed by atoms with van der Waals surface area (Å²) >= 11 is 15.8. The number of rotatable bonds is 3. The monoisotopic (exact) mass is 454 g/mol. The van der Waals surface area contributed by atoms with Crippen molar-refractivity contribution in [1.82, 2.24) is 4.98 Å². The Bertz CT molecular complexity index is 1360. The van der Waals surface area contributed by atoms with Gasteiger partial charge in [-0.2, -0.15) is 0 Å². The molecule has 0 aliphatic carbocycles. The van der Waals surface area contributed by atoms with Crippen LogP contribution < -0.4 is 5.32 Å². The van der Waals surface area contributed by atoms with E-state index >= 15 is 0 Å². The molecule has 1 N–H and O–H groups in total. The standard InChI is InChI=1S/C22H12Cl2N2OS2/c23-15-10-9-12(11-14(15)22-26-16-6-2-4-8-18(16)29-22)25-21(27)20-19(24)13-5-1-3-7-17(13)28-20/h1-11H,(H,25,27). The first kappa shape index (κ1) is 18.6. The molecule has 1 amide bonds. The van der Waals surface area contributed by atoms with Crippen LogP contribution in [0, 0.1) is 0 Å². The van der Waals surface area contributed by atoms with Crippen molar-refractivity contribution in [1.29, 1.82) is 0 Å². The molecule has 5 aromatic rings. The van der Waals surface area contributed by atoms with Gasteiger partial charge in [-0.1, -0.05) is 53.5 Å². The highest BCUT2D eigenvalue weighted by atomic mass is 35.5. The fraction of sp³-hybridized carbons (Fsp3) is 0. The first-order valence-electron chi connectivity index (χ1n) is 8.74. The number of carbonyl (C=O) groups excluding carboxylic acids is 1. The maximum Gasteiger partial charge on any atom is 0.267 e. The van der Waals surface area contributed by atoms with Crippen molar-refractivity contribution in [3.63, 3.8) is 0 Å². The fourth-order valence-electron chi connectivity index (χ4n) is 3.10. The molecule has 0 spiro atoms. The van der Waals surface area contributed by atoms with E-state index < -0.39 is 0 Å². The van der Waals surface area contributed by atoms with Crippen molar-refractivity contribution >= 4 is 77.8 Å². The van der Waals surface area contributed by atoms with Crippen LogP contribution in [0.2, 0.25) is 10.0 Å². The number of aromatic nitrogens is 1. The minimum Gasteiger partial charge on any atom is -0.321 e. The Morgan fingerprint density at radius 3 is 2.45 bits per heavy atom. The van der Waals surface area contributed by atoms with Crippen LogP contribution in [0.25, 0.3) is 30.9 Å². The van der Waals surface area contributed by atoms with Crippen LogP contribution in [-0.2, 0) is 0 Å². The van der Waals surface area contributed by atoms with E-state index in [1.54, 1.807) is 23.5 Å². The van der Waals surface area contributed by atoms with Crippen molar-refractivity contribution in [3.05, 3.63) is 81.7 Å². The second kappa shape index (κ2) is 7.43. The first-order chi connectivity index (χ1) is 14.1. The SMILES string of the molecule is O=C(Nc1ccc(Cl)c(-c2nc3ccccc3s2)c1)c1sc2ccccc2c1Cl. The van der Waals surface area contributed by atoms with Crippen molar-refractivity contribution in [2.75, 3.05) is 5.32 Å². The zero-order valence-corrected chi connectivity index (χ0v) is 17.9. The molecule has 0 atom stereocenters. The number of amides is 1. The van der Waals surface area contributed by atoms with Crippen LogP contribution in [0.15, 0.2) is 66.7 Å². The topological polar surface area (TPSA) is 42.0 Å². The molecule has 0 bridgehead atoms. The van der Waals surface area contributed by atoms with Crippen LogP contribution >= 0.6 is 45.9 Å². The highest BCUT2D eigenvalue weighted by Gasteiger charge is 2.18. The van der Waals surface area contributed by atoms with Gasteiger partial charge in [0.1, 0.15) is 9.88 Å². The highest BCUT2D eigenvalue weighted by Crippen LogP contribution is 2.38. The molecule has 0 unspecified atom stereocenters. The van der Waals surface area contributed by atoms with Gasteiger partial charge in [0, 0.05) is 21.3 Å². The maximum atomic E-state index is 12.8. The summed E-state index contributed by atoms with van der Waals surface area (Å²) in [6, 6.07) is 21.0. The molecule has 3 aromatic carbocycles. The summed E-state index contributed by atoms with van der Waals surface area (Å²) in [5.41, 5.74) is 2.35. The van der Waals surface area contributed by atoms with Gasteiger partial charge in [-0.25, -0.2) is 4.98 Å². The Balaban J connectivity index is 1.49. The first-order valence-corrected chi connectivity index (χ1v) is 11.1. The molecule has 0 saturated heterocycles. The lowest BCUT2D eigenvalue weighted by Gasteiger charge is -2.07. The molecule has 2 heterocycles. The molecule has 5 rings (SSSR count). The lowest BCUT2D eigenvalue weighted by Crippen LogP contribution is -2.10. The number of thiazole rings is 1. The van der Waals surface area contributed by atoms with E-state index in [1.165, 1.54) is 11.3 Å². The number of benzene rings is 3. The van der Waals surface area contributed by atoms with Crippen LogP contribution in [0.5, 0.6) is 0 Å². The Labute approximate surface area is 184 Å². The molecule has 2 aromatic heterocycles. The lowest BCUT2D eigenvalue weighted by atomic mass is 10.2. The largest absolute Gasteiger partial charge is 0.321 e. The number of carbonyl (C=O) groups is 1. The second-order valence-corrected chi connectivity index (χ2v) is 9.24. The Morgan fingerprint density at radius 1 is 0.897 bits per heavy atom. The second-order valence-electron chi connectivity index (χ2n) is 6.38. The van der Waals surface area contributed by atoms with Crippen LogP contribution in [0.1, 0.15) is 9.67 Å². The third kappa shape index (κ3) is 3.40. The van der Waals surface area contributed by atoms with Gasteiger partial charge in [-0.15, -0.1) is 22.7 Å². The van der Waals surface area contributed by atoms with E-state index in [9.17, 15) is 4.79 Å². The van der Waals surface area contributed by atoms with Crippen molar-refractivity contribution in [3.8, 4) is 10.6 Å². The predicted octanol–water partition coefficient (Wildman–Crippen LogP) is 7.74. The minimum atomic E-state index is -0.242. The number of nitrogens with zero attached hydrogens (tertiary/aromatic N) is 1. The lowest BCUT2D eigenvalue weighted by molar-refractivity contribution is 0.103. The number of hydrogen-bond acceptors (Lipinski definition) is 4. The van der Waals surface area contributed by atoms with E-state index in [-0.39, 0.29) is 5.91 Å². The molecule has 0 saturated carbocycles. The zero-order valence-electron chi connectivity index (χ0n) is 14.8. The average molecular weight is 455 g/mol. The van der Waals surface area contributed by atoms with Crippen LogP contribution in [0.4, 0.5) is 5.69 Å². The number of hydrogen-bond donors (Lipinski definition) is 1. The summed E-state index contributed by atoms with van der Waals surface area (Å²) in [7, 11) is 0. The van der Waals surface area contributed by atoms with Gasteiger partial charge in [-0.05, 0) is 36.4 Å². The maximum absolute atomic E-state index is 12.8. The van der Waals surface area contributed by atoms with E-state index in [1.807, 2.05) is 54.6 Å². The third-order valence-electron chi connectivity index (χ3n) is 4.49. The average Bonchev–Trinajstić information content (AvgIpc) is 3.31. The smallest absolute Gasteiger partial charge is 0.267 e. The molecule has 29 heavy (non-hydrogen) atoms. The number of nitrogens with one attached hydrogen (secondary N) is 1. The van der Waals surface area contributed by atoms with E-state index in [0.29, 0.717) is 20.6 Å². The highest BCUT2D eigenvalue weighted by molar-refractivity contribution is 7.22. The molecule has 7 heteroatoms. The van der Waals surface area contributed by atoms with Crippen LogP contribution in [0.3, 0.4) is 0 Å². The molecular formula is C22H12Cl2N2OS2. The Kier molecular flexibility index (Phi) is 4.76. The summed E-state index contributed by atoms with van der Waals surface area (Å²) in [4.78, 5) is 18.0.